The van der Waals surface area contributed by atoms with Crippen LogP contribution >= 0.6 is 0 Å². The number of amides is 1. The number of likely N-dealkylation sites (tertiary alicyclic amines) is 1. The summed E-state index contributed by atoms with van der Waals surface area (Å²) in [6, 6.07) is 0.669. The smallest absolute Gasteiger partial charge is 0.237 e. The molecule has 1 saturated heterocycles. The predicted octanol–water partition coefficient (Wildman–Crippen LogP) is 1.09. The first-order chi connectivity index (χ1) is 8.43. The Morgan fingerprint density at radius 2 is 2.17 bits per heavy atom. The molecule has 4 heteroatoms. The summed E-state index contributed by atoms with van der Waals surface area (Å²) in [7, 11) is 0. The maximum absolute atomic E-state index is 11.5. The summed E-state index contributed by atoms with van der Waals surface area (Å²) in [5, 5.41) is 0. The van der Waals surface area contributed by atoms with Gasteiger partial charge in [0.2, 0.25) is 5.91 Å². The second kappa shape index (κ2) is 5.17. The fraction of sp³-hybridized carbons (Fsp3) is 0.929. The van der Waals surface area contributed by atoms with Gasteiger partial charge in [-0.25, -0.2) is 0 Å². The number of hydrogen-bond acceptors (Lipinski definition) is 3. The summed E-state index contributed by atoms with van der Waals surface area (Å²) in [6.45, 7) is 6.84. The van der Waals surface area contributed by atoms with Crippen LogP contribution in [0.2, 0.25) is 0 Å². The van der Waals surface area contributed by atoms with Gasteiger partial charge in [-0.15, -0.1) is 0 Å². The molecule has 2 fully saturated rings. The first kappa shape index (κ1) is 13.8. The van der Waals surface area contributed by atoms with E-state index in [9.17, 15) is 4.79 Å². The molecule has 0 radical (unpaired) electrons. The van der Waals surface area contributed by atoms with E-state index in [0.29, 0.717) is 6.04 Å². The Labute approximate surface area is 110 Å². The molecule has 4 nitrogen and oxygen atoms in total. The van der Waals surface area contributed by atoms with Gasteiger partial charge in [0.15, 0.2) is 0 Å². The fourth-order valence-electron chi connectivity index (χ4n) is 3.85. The Morgan fingerprint density at radius 1 is 1.44 bits per heavy atom. The van der Waals surface area contributed by atoms with Crippen LogP contribution in [-0.2, 0) is 4.79 Å². The van der Waals surface area contributed by atoms with Crippen molar-refractivity contribution in [1.82, 2.24) is 4.90 Å². The molecule has 0 aromatic heterocycles. The number of nitrogens with two attached hydrogens (primary N) is 2. The third-order valence-electron chi connectivity index (χ3n) is 5.01. The van der Waals surface area contributed by atoms with Crippen LogP contribution in [0.1, 0.15) is 46.0 Å². The Bertz CT molecular complexity index is 320. The molecule has 2 aliphatic rings. The zero-order valence-electron chi connectivity index (χ0n) is 11.7. The summed E-state index contributed by atoms with van der Waals surface area (Å²) in [5.41, 5.74) is 10.9. The lowest BCUT2D eigenvalue weighted by atomic mass is 9.85. The van der Waals surface area contributed by atoms with Crippen molar-refractivity contribution >= 4 is 5.91 Å². The first-order valence-corrected chi connectivity index (χ1v) is 7.26. The number of carbonyl (C=O) groups excluding carboxylic acids is 1. The Hall–Kier alpha value is -0.610. The lowest BCUT2D eigenvalue weighted by molar-refractivity contribution is -0.124. The lowest BCUT2D eigenvalue weighted by Crippen LogP contribution is -2.55. The SMILES string of the molecule is CC1CC(C)N(CCC2CCCC2(N)C(N)=O)C1. The van der Waals surface area contributed by atoms with Crippen molar-refractivity contribution in [1.29, 1.82) is 0 Å². The average Bonchev–Trinajstić information content (AvgIpc) is 2.80. The van der Waals surface area contributed by atoms with Crippen molar-refractivity contribution in [2.45, 2.75) is 57.5 Å². The normalized spacial score (nSPS) is 41.4. The van der Waals surface area contributed by atoms with Crippen LogP contribution in [-0.4, -0.2) is 35.5 Å². The van der Waals surface area contributed by atoms with Crippen LogP contribution in [0.5, 0.6) is 0 Å². The molecule has 4 unspecified atom stereocenters. The van der Waals surface area contributed by atoms with Crippen molar-refractivity contribution in [3.63, 3.8) is 0 Å². The summed E-state index contributed by atoms with van der Waals surface area (Å²) in [4.78, 5) is 14.1. The van der Waals surface area contributed by atoms with Gasteiger partial charge < -0.3 is 16.4 Å². The molecule has 1 saturated carbocycles. The zero-order valence-corrected chi connectivity index (χ0v) is 11.7. The second-order valence-electron chi connectivity index (χ2n) is 6.47. The van der Waals surface area contributed by atoms with Crippen molar-refractivity contribution in [3.05, 3.63) is 0 Å². The Kier molecular flexibility index (Phi) is 3.97. The minimum absolute atomic E-state index is 0.276. The van der Waals surface area contributed by atoms with Crippen LogP contribution in [0.25, 0.3) is 0 Å². The lowest BCUT2D eigenvalue weighted by Gasteiger charge is -2.30. The maximum atomic E-state index is 11.5. The van der Waals surface area contributed by atoms with Crippen LogP contribution < -0.4 is 11.5 Å². The van der Waals surface area contributed by atoms with Gasteiger partial charge in [-0.1, -0.05) is 13.3 Å². The van der Waals surface area contributed by atoms with Gasteiger partial charge in [0, 0.05) is 12.6 Å². The first-order valence-electron chi connectivity index (χ1n) is 7.26. The van der Waals surface area contributed by atoms with E-state index in [2.05, 4.69) is 18.7 Å². The van der Waals surface area contributed by atoms with Gasteiger partial charge in [-0.05, 0) is 51.0 Å². The van der Waals surface area contributed by atoms with E-state index in [4.69, 9.17) is 11.5 Å². The van der Waals surface area contributed by atoms with Crippen LogP contribution in [0.4, 0.5) is 0 Å². The number of carbonyl (C=O) groups is 1. The fourth-order valence-corrected chi connectivity index (χ4v) is 3.85. The molecule has 0 aromatic carbocycles. The average molecular weight is 253 g/mol. The van der Waals surface area contributed by atoms with Crippen molar-refractivity contribution in [2.24, 2.45) is 23.3 Å². The zero-order chi connectivity index (χ0) is 13.3. The highest BCUT2D eigenvalue weighted by Crippen LogP contribution is 2.36. The minimum Gasteiger partial charge on any atom is -0.368 e. The van der Waals surface area contributed by atoms with Gasteiger partial charge in [-0.2, -0.15) is 0 Å². The summed E-state index contributed by atoms with van der Waals surface area (Å²) in [6.07, 6.45) is 5.15. The number of primary amides is 1. The molecular formula is C14H27N3O. The summed E-state index contributed by atoms with van der Waals surface area (Å²) in [5.74, 6) is 0.758. The summed E-state index contributed by atoms with van der Waals surface area (Å²) >= 11 is 0. The third kappa shape index (κ3) is 2.54. The van der Waals surface area contributed by atoms with E-state index < -0.39 is 5.54 Å². The summed E-state index contributed by atoms with van der Waals surface area (Å²) < 4.78 is 0. The molecule has 0 aromatic rings. The highest BCUT2D eigenvalue weighted by Gasteiger charge is 2.44. The van der Waals surface area contributed by atoms with E-state index in [0.717, 1.165) is 38.1 Å². The number of nitrogens with zero attached hydrogens (tertiary/aromatic N) is 1. The van der Waals surface area contributed by atoms with Gasteiger partial charge in [0.25, 0.3) is 0 Å². The van der Waals surface area contributed by atoms with Crippen LogP contribution in [0.15, 0.2) is 0 Å². The molecule has 0 spiro atoms. The van der Waals surface area contributed by atoms with Crippen molar-refractivity contribution in [3.8, 4) is 0 Å². The molecule has 104 valence electrons. The molecule has 4 N–H and O–H groups in total. The largest absolute Gasteiger partial charge is 0.368 e. The van der Waals surface area contributed by atoms with Gasteiger partial charge in [0.05, 0.1) is 5.54 Å². The Morgan fingerprint density at radius 3 is 2.72 bits per heavy atom. The molecular weight excluding hydrogens is 226 g/mol. The quantitative estimate of drug-likeness (QED) is 0.787. The van der Waals surface area contributed by atoms with E-state index in [1.54, 1.807) is 0 Å². The predicted molar refractivity (Wildman–Crippen MR) is 72.9 cm³/mol. The molecule has 4 atom stereocenters. The molecule has 1 aliphatic carbocycles. The highest BCUT2D eigenvalue weighted by molar-refractivity contribution is 5.85. The molecule has 1 aliphatic heterocycles. The second-order valence-corrected chi connectivity index (χ2v) is 6.47. The highest BCUT2D eigenvalue weighted by atomic mass is 16.1. The van der Waals surface area contributed by atoms with Gasteiger partial charge >= 0.3 is 0 Å². The maximum Gasteiger partial charge on any atom is 0.237 e. The Balaban J connectivity index is 1.88. The van der Waals surface area contributed by atoms with Gasteiger partial charge in [-0.3, -0.25) is 4.79 Å². The van der Waals surface area contributed by atoms with Crippen molar-refractivity contribution < 1.29 is 4.79 Å². The molecule has 2 rings (SSSR count). The number of hydrogen-bond donors (Lipinski definition) is 2. The van der Waals surface area contributed by atoms with Crippen molar-refractivity contribution in [2.75, 3.05) is 13.1 Å². The van der Waals surface area contributed by atoms with Gasteiger partial charge in [0.1, 0.15) is 0 Å². The van der Waals surface area contributed by atoms with E-state index >= 15 is 0 Å². The van der Waals surface area contributed by atoms with E-state index in [1.807, 2.05) is 0 Å². The molecule has 18 heavy (non-hydrogen) atoms. The molecule has 1 heterocycles. The number of rotatable bonds is 4. The minimum atomic E-state index is -0.741. The van der Waals surface area contributed by atoms with Crippen LogP contribution in [0.3, 0.4) is 0 Å². The molecule has 0 bridgehead atoms. The van der Waals surface area contributed by atoms with E-state index in [-0.39, 0.29) is 11.8 Å². The topological polar surface area (TPSA) is 72.3 Å². The van der Waals surface area contributed by atoms with E-state index in [1.165, 1.54) is 13.0 Å². The third-order valence-corrected chi connectivity index (χ3v) is 5.01. The standard InChI is InChI=1S/C14H27N3O/c1-10-8-11(2)17(9-10)7-5-12-4-3-6-14(12,16)13(15)18/h10-12H,3-9,16H2,1-2H3,(H2,15,18). The van der Waals surface area contributed by atoms with Crippen LogP contribution in [0, 0.1) is 11.8 Å². The molecule has 1 amide bonds. The monoisotopic (exact) mass is 253 g/mol.